The summed E-state index contributed by atoms with van der Waals surface area (Å²) in [5.74, 6) is -0.902. The number of carbonyl (C=O) groups excluding carboxylic acids is 1. The standard InChI is InChI=1S/C13H9FN2OS/c14-11-2-1-3-12(10(11)7-15)16-13(17)6-9-4-5-18-8-9/h1-5,8H,6H2,(H,16,17). The Morgan fingerprint density at radius 2 is 2.28 bits per heavy atom. The summed E-state index contributed by atoms with van der Waals surface area (Å²) < 4.78 is 13.3. The van der Waals surface area contributed by atoms with Gasteiger partial charge >= 0.3 is 0 Å². The Kier molecular flexibility index (Phi) is 3.70. The van der Waals surface area contributed by atoms with Crippen LogP contribution in [-0.2, 0) is 11.2 Å². The first-order valence-electron chi connectivity index (χ1n) is 5.20. The molecule has 90 valence electrons. The molecule has 2 aromatic rings. The van der Waals surface area contributed by atoms with E-state index < -0.39 is 5.82 Å². The SMILES string of the molecule is N#Cc1c(F)cccc1NC(=O)Cc1ccsc1. The molecule has 5 heteroatoms. The topological polar surface area (TPSA) is 52.9 Å². The van der Waals surface area contributed by atoms with Crippen molar-refractivity contribution in [3.05, 3.63) is 52.0 Å². The Balaban J connectivity index is 2.13. The van der Waals surface area contributed by atoms with E-state index >= 15 is 0 Å². The molecule has 1 aromatic carbocycles. The van der Waals surface area contributed by atoms with Crippen molar-refractivity contribution in [3.8, 4) is 6.07 Å². The summed E-state index contributed by atoms with van der Waals surface area (Å²) in [6.07, 6.45) is 0.213. The predicted octanol–water partition coefficient (Wildman–Crippen LogP) is 2.94. The van der Waals surface area contributed by atoms with Crippen molar-refractivity contribution in [1.29, 1.82) is 5.26 Å². The fourth-order valence-corrected chi connectivity index (χ4v) is 2.18. The van der Waals surface area contributed by atoms with Gasteiger partial charge in [-0.15, -0.1) is 0 Å². The minimum absolute atomic E-state index is 0.142. The van der Waals surface area contributed by atoms with Crippen molar-refractivity contribution in [1.82, 2.24) is 0 Å². The molecule has 0 saturated heterocycles. The van der Waals surface area contributed by atoms with Crippen LogP contribution >= 0.6 is 11.3 Å². The van der Waals surface area contributed by atoms with Crippen molar-refractivity contribution < 1.29 is 9.18 Å². The van der Waals surface area contributed by atoms with E-state index in [1.807, 2.05) is 16.8 Å². The molecule has 0 unspecified atom stereocenters. The molecule has 1 aromatic heterocycles. The summed E-state index contributed by atoms with van der Waals surface area (Å²) in [6.45, 7) is 0. The van der Waals surface area contributed by atoms with E-state index in [0.717, 1.165) is 5.56 Å². The molecule has 0 bridgehead atoms. The quantitative estimate of drug-likeness (QED) is 0.922. The van der Waals surface area contributed by atoms with Crippen LogP contribution in [0.25, 0.3) is 0 Å². The molecule has 2 rings (SSSR count). The van der Waals surface area contributed by atoms with E-state index in [2.05, 4.69) is 5.32 Å². The molecule has 0 radical (unpaired) electrons. The summed E-state index contributed by atoms with van der Waals surface area (Å²) in [7, 11) is 0. The summed E-state index contributed by atoms with van der Waals surface area (Å²) in [5, 5.41) is 15.1. The fraction of sp³-hybridized carbons (Fsp3) is 0.0769. The third-order valence-corrected chi connectivity index (χ3v) is 3.08. The van der Waals surface area contributed by atoms with Gasteiger partial charge in [-0.3, -0.25) is 4.79 Å². The summed E-state index contributed by atoms with van der Waals surface area (Å²) in [4.78, 5) is 11.7. The van der Waals surface area contributed by atoms with Gasteiger partial charge in [0.1, 0.15) is 17.4 Å². The summed E-state index contributed by atoms with van der Waals surface area (Å²) in [5.41, 5.74) is 0.960. The van der Waals surface area contributed by atoms with Crippen LogP contribution in [0.4, 0.5) is 10.1 Å². The predicted molar refractivity (Wildman–Crippen MR) is 67.8 cm³/mol. The zero-order valence-electron chi connectivity index (χ0n) is 9.31. The van der Waals surface area contributed by atoms with E-state index in [1.54, 1.807) is 6.07 Å². The van der Waals surface area contributed by atoms with Crippen LogP contribution in [0, 0.1) is 17.1 Å². The van der Waals surface area contributed by atoms with Crippen LogP contribution in [0.15, 0.2) is 35.0 Å². The van der Waals surface area contributed by atoms with Gasteiger partial charge in [-0.05, 0) is 34.5 Å². The highest BCUT2D eigenvalue weighted by Gasteiger charge is 2.11. The lowest BCUT2D eigenvalue weighted by molar-refractivity contribution is -0.115. The smallest absolute Gasteiger partial charge is 0.228 e. The second kappa shape index (κ2) is 5.43. The Labute approximate surface area is 107 Å². The molecule has 0 aliphatic heterocycles. The van der Waals surface area contributed by atoms with Gasteiger partial charge in [0.25, 0.3) is 0 Å². The molecule has 0 atom stereocenters. The first-order chi connectivity index (χ1) is 8.70. The molecule has 18 heavy (non-hydrogen) atoms. The molecule has 0 aliphatic carbocycles. The van der Waals surface area contributed by atoms with E-state index in [-0.39, 0.29) is 23.6 Å². The fourth-order valence-electron chi connectivity index (χ4n) is 1.51. The number of anilines is 1. The lowest BCUT2D eigenvalue weighted by atomic mass is 10.1. The molecule has 3 nitrogen and oxygen atoms in total. The van der Waals surface area contributed by atoms with Crippen molar-refractivity contribution in [3.63, 3.8) is 0 Å². The Hall–Kier alpha value is -2.19. The van der Waals surface area contributed by atoms with Gasteiger partial charge in [0.05, 0.1) is 12.1 Å². The van der Waals surface area contributed by atoms with Crippen molar-refractivity contribution in [2.24, 2.45) is 0 Å². The van der Waals surface area contributed by atoms with E-state index in [1.165, 1.54) is 29.5 Å². The number of benzene rings is 1. The van der Waals surface area contributed by atoms with Crippen LogP contribution in [0.2, 0.25) is 0 Å². The lowest BCUT2D eigenvalue weighted by Gasteiger charge is -2.06. The van der Waals surface area contributed by atoms with Crippen molar-refractivity contribution in [2.45, 2.75) is 6.42 Å². The van der Waals surface area contributed by atoms with Crippen LogP contribution in [0.3, 0.4) is 0 Å². The third kappa shape index (κ3) is 2.73. The molecule has 0 saturated carbocycles. The number of nitrogens with one attached hydrogen (secondary N) is 1. The zero-order valence-corrected chi connectivity index (χ0v) is 10.1. The molecule has 0 aliphatic rings. The number of hydrogen-bond acceptors (Lipinski definition) is 3. The van der Waals surface area contributed by atoms with E-state index in [4.69, 9.17) is 5.26 Å². The maximum absolute atomic E-state index is 13.3. The minimum atomic E-state index is -0.633. The lowest BCUT2D eigenvalue weighted by Crippen LogP contribution is -2.15. The maximum Gasteiger partial charge on any atom is 0.228 e. The molecule has 1 amide bonds. The monoisotopic (exact) mass is 260 g/mol. The van der Waals surface area contributed by atoms with Crippen molar-refractivity contribution >= 4 is 22.9 Å². The third-order valence-electron chi connectivity index (χ3n) is 2.34. The van der Waals surface area contributed by atoms with E-state index in [0.29, 0.717) is 0 Å². The average molecular weight is 260 g/mol. The second-order valence-electron chi connectivity index (χ2n) is 3.63. The molecule has 0 spiro atoms. The molecule has 1 heterocycles. The zero-order chi connectivity index (χ0) is 13.0. The van der Waals surface area contributed by atoms with Gasteiger partial charge in [-0.1, -0.05) is 6.07 Å². The van der Waals surface area contributed by atoms with Gasteiger partial charge < -0.3 is 5.32 Å². The van der Waals surface area contributed by atoms with Gasteiger partial charge in [0, 0.05) is 0 Å². The minimum Gasteiger partial charge on any atom is -0.325 e. The van der Waals surface area contributed by atoms with Crippen LogP contribution in [0.1, 0.15) is 11.1 Å². The summed E-state index contributed by atoms with van der Waals surface area (Å²) >= 11 is 1.51. The number of thiophene rings is 1. The number of amides is 1. The largest absolute Gasteiger partial charge is 0.325 e. The molecule has 1 N–H and O–H groups in total. The van der Waals surface area contributed by atoms with Gasteiger partial charge in [-0.25, -0.2) is 4.39 Å². The first-order valence-corrected chi connectivity index (χ1v) is 6.14. The highest BCUT2D eigenvalue weighted by Crippen LogP contribution is 2.18. The van der Waals surface area contributed by atoms with Gasteiger partial charge in [0.15, 0.2) is 0 Å². The Bertz CT molecular complexity index is 602. The number of rotatable bonds is 3. The number of nitrogens with zero attached hydrogens (tertiary/aromatic N) is 1. The van der Waals surface area contributed by atoms with Crippen LogP contribution in [0.5, 0.6) is 0 Å². The average Bonchev–Trinajstić information content (AvgIpc) is 2.82. The normalized spacial score (nSPS) is 9.78. The van der Waals surface area contributed by atoms with Gasteiger partial charge in [-0.2, -0.15) is 16.6 Å². The molecular formula is C13H9FN2OS. The van der Waals surface area contributed by atoms with E-state index in [9.17, 15) is 9.18 Å². The van der Waals surface area contributed by atoms with Crippen molar-refractivity contribution in [2.75, 3.05) is 5.32 Å². The van der Waals surface area contributed by atoms with Crippen LogP contribution in [-0.4, -0.2) is 5.91 Å². The number of nitriles is 1. The maximum atomic E-state index is 13.3. The Morgan fingerprint density at radius 1 is 1.44 bits per heavy atom. The second-order valence-corrected chi connectivity index (χ2v) is 4.41. The Morgan fingerprint density at radius 3 is 2.94 bits per heavy atom. The molecule has 0 fully saturated rings. The van der Waals surface area contributed by atoms with Crippen LogP contribution < -0.4 is 5.32 Å². The summed E-state index contributed by atoms with van der Waals surface area (Å²) in [6, 6.07) is 7.74. The first kappa shape index (κ1) is 12.3. The number of halogens is 1. The highest BCUT2D eigenvalue weighted by molar-refractivity contribution is 7.08. The number of hydrogen-bond donors (Lipinski definition) is 1. The van der Waals surface area contributed by atoms with Gasteiger partial charge in [0.2, 0.25) is 5.91 Å². The molecular weight excluding hydrogens is 251 g/mol. The highest BCUT2D eigenvalue weighted by atomic mass is 32.1. The number of carbonyl (C=O) groups is 1.